The third-order valence-electron chi connectivity index (χ3n) is 8.51. The van der Waals surface area contributed by atoms with Crippen LogP contribution in [0, 0.1) is 18.8 Å². The van der Waals surface area contributed by atoms with E-state index in [2.05, 4.69) is 60.0 Å². The molecule has 5 rings (SSSR count). The van der Waals surface area contributed by atoms with E-state index in [1.807, 2.05) is 24.3 Å². The maximum Gasteiger partial charge on any atom is 0.148 e. The first kappa shape index (κ1) is 27.8. The van der Waals surface area contributed by atoms with E-state index >= 15 is 0 Å². The lowest BCUT2D eigenvalue weighted by Gasteiger charge is -2.24. The predicted molar refractivity (Wildman–Crippen MR) is 164 cm³/mol. The molecule has 1 saturated carbocycles. The number of nitrogens with zero attached hydrogens (tertiary/aromatic N) is 2. The van der Waals surface area contributed by atoms with Crippen molar-refractivity contribution in [1.29, 1.82) is 0 Å². The maximum atomic E-state index is 6.18. The Bertz CT molecular complexity index is 1290. The molecule has 3 nitrogen and oxygen atoms in total. The summed E-state index contributed by atoms with van der Waals surface area (Å²) in [6.45, 7) is 3.56. The van der Waals surface area contributed by atoms with Crippen LogP contribution < -0.4 is 4.74 Å². The first-order valence-corrected chi connectivity index (χ1v) is 15.4. The van der Waals surface area contributed by atoms with Gasteiger partial charge >= 0.3 is 0 Å². The van der Waals surface area contributed by atoms with Gasteiger partial charge in [-0.15, -0.1) is 0 Å². The van der Waals surface area contributed by atoms with Gasteiger partial charge in [-0.3, -0.25) is 0 Å². The molecule has 1 heterocycles. The van der Waals surface area contributed by atoms with E-state index in [1.54, 1.807) is 0 Å². The zero-order valence-electron chi connectivity index (χ0n) is 23.5. The van der Waals surface area contributed by atoms with Crippen LogP contribution in [0.5, 0.6) is 5.75 Å². The fourth-order valence-corrected chi connectivity index (χ4v) is 6.49. The van der Waals surface area contributed by atoms with Crippen molar-refractivity contribution in [2.45, 2.75) is 90.7 Å². The quantitative estimate of drug-likeness (QED) is 0.199. The van der Waals surface area contributed by atoms with E-state index in [9.17, 15) is 0 Å². The number of aromatic nitrogens is 2. The highest BCUT2D eigenvalue weighted by Gasteiger charge is 2.20. The average Bonchev–Trinajstić information content (AvgIpc) is 3.37. The van der Waals surface area contributed by atoms with E-state index in [4.69, 9.17) is 21.3 Å². The van der Waals surface area contributed by atoms with Gasteiger partial charge in [0.25, 0.3) is 0 Å². The Morgan fingerprint density at radius 1 is 0.872 bits per heavy atom. The van der Waals surface area contributed by atoms with Crippen molar-refractivity contribution in [3.05, 3.63) is 94.8 Å². The summed E-state index contributed by atoms with van der Waals surface area (Å²) in [6, 6.07) is 25.2. The number of hydrogen-bond acceptors (Lipinski definition) is 2. The second-order valence-electron chi connectivity index (χ2n) is 11.5. The lowest BCUT2D eigenvalue weighted by molar-refractivity contribution is 0.280. The first-order chi connectivity index (χ1) is 19.2. The minimum atomic E-state index is 0.446. The molecule has 0 saturated heterocycles. The minimum Gasteiger partial charge on any atom is -0.486 e. The van der Waals surface area contributed by atoms with Crippen molar-refractivity contribution in [1.82, 2.24) is 9.55 Å². The summed E-state index contributed by atoms with van der Waals surface area (Å²) in [7, 11) is 0. The Morgan fingerprint density at radius 3 is 2.33 bits per heavy atom. The highest BCUT2D eigenvalue weighted by molar-refractivity contribution is 6.30. The molecule has 0 radical (unpaired) electrons. The van der Waals surface area contributed by atoms with Crippen LogP contribution in [0.1, 0.15) is 81.2 Å². The molecule has 4 aromatic rings. The summed E-state index contributed by atoms with van der Waals surface area (Å²) in [5.41, 5.74) is 4.97. The summed E-state index contributed by atoms with van der Waals surface area (Å²) in [5.74, 6) is 3.32. The van der Waals surface area contributed by atoms with Gasteiger partial charge < -0.3 is 9.30 Å². The average molecular weight is 543 g/mol. The first-order valence-electron chi connectivity index (χ1n) is 15.0. The second-order valence-corrected chi connectivity index (χ2v) is 11.9. The summed E-state index contributed by atoms with van der Waals surface area (Å²) < 4.78 is 8.59. The van der Waals surface area contributed by atoms with Crippen molar-refractivity contribution in [3.63, 3.8) is 0 Å². The number of imidazole rings is 1. The summed E-state index contributed by atoms with van der Waals surface area (Å²) in [5, 5.41) is 0.717. The van der Waals surface area contributed by atoms with Crippen LogP contribution in [-0.2, 0) is 19.6 Å². The van der Waals surface area contributed by atoms with Crippen LogP contribution in [0.3, 0.4) is 0 Å². The Balaban J connectivity index is 1.35. The molecule has 1 unspecified atom stereocenters. The van der Waals surface area contributed by atoms with Gasteiger partial charge in [-0.25, -0.2) is 4.98 Å². The normalized spacial score (nSPS) is 15.9. The third kappa shape index (κ3) is 7.88. The number of benzene rings is 3. The van der Waals surface area contributed by atoms with Crippen molar-refractivity contribution < 1.29 is 4.74 Å². The van der Waals surface area contributed by atoms with Crippen molar-refractivity contribution in [2.75, 3.05) is 0 Å². The molecule has 0 amide bonds. The van der Waals surface area contributed by atoms with Crippen LogP contribution in [0.15, 0.2) is 72.8 Å². The maximum absolute atomic E-state index is 6.18. The van der Waals surface area contributed by atoms with Crippen LogP contribution >= 0.6 is 11.6 Å². The van der Waals surface area contributed by atoms with Crippen molar-refractivity contribution >= 4 is 22.6 Å². The third-order valence-corrected chi connectivity index (χ3v) is 8.76. The number of para-hydroxylation sites is 1. The topological polar surface area (TPSA) is 27.1 Å². The standard InChI is InChI=1S/C35H43ClN2O/c1-27-12-11-17-33-35(27)37-34(26-39-32-20-18-31(36)19-21-32)38(33)23-22-30(25-29-15-9-6-10-16-29)24-28-13-7-4-2-3-5-8-14-28/h6,9-12,15-21,28,30H,2-5,7-8,13-14,22-26H2,1H3. The van der Waals surface area contributed by atoms with Crippen molar-refractivity contribution in [3.8, 4) is 5.75 Å². The van der Waals surface area contributed by atoms with Crippen LogP contribution in [0.2, 0.25) is 5.02 Å². The molecule has 0 aliphatic heterocycles. The van der Waals surface area contributed by atoms with E-state index in [0.29, 0.717) is 12.5 Å². The molecule has 1 aliphatic carbocycles. The highest BCUT2D eigenvalue weighted by atomic mass is 35.5. The number of aryl methyl sites for hydroxylation is 2. The number of hydrogen-bond donors (Lipinski definition) is 0. The molecule has 206 valence electrons. The molecule has 4 heteroatoms. The minimum absolute atomic E-state index is 0.446. The Kier molecular flexibility index (Phi) is 9.99. The van der Waals surface area contributed by atoms with Gasteiger partial charge in [0.15, 0.2) is 0 Å². The molecular weight excluding hydrogens is 500 g/mol. The second kappa shape index (κ2) is 14.0. The van der Waals surface area contributed by atoms with Crippen LogP contribution in [0.4, 0.5) is 0 Å². The fraction of sp³-hybridized carbons (Fsp3) is 0.457. The summed E-state index contributed by atoms with van der Waals surface area (Å²) in [6.07, 6.45) is 14.9. The lowest BCUT2D eigenvalue weighted by atomic mass is 9.83. The van der Waals surface area contributed by atoms with E-state index in [-0.39, 0.29) is 0 Å². The van der Waals surface area contributed by atoms with Gasteiger partial charge in [0, 0.05) is 11.6 Å². The van der Waals surface area contributed by atoms with E-state index in [1.165, 1.54) is 74.4 Å². The summed E-state index contributed by atoms with van der Waals surface area (Å²) in [4.78, 5) is 5.07. The Hall–Kier alpha value is -2.78. The van der Waals surface area contributed by atoms with Crippen LogP contribution in [-0.4, -0.2) is 9.55 Å². The molecule has 0 bridgehead atoms. The largest absolute Gasteiger partial charge is 0.486 e. The zero-order valence-corrected chi connectivity index (χ0v) is 24.2. The fourth-order valence-electron chi connectivity index (χ4n) is 6.36. The number of halogens is 1. The Morgan fingerprint density at radius 2 is 1.59 bits per heavy atom. The summed E-state index contributed by atoms with van der Waals surface area (Å²) >= 11 is 6.08. The number of fused-ring (bicyclic) bond motifs is 1. The van der Waals surface area contributed by atoms with Gasteiger partial charge in [0.1, 0.15) is 18.2 Å². The van der Waals surface area contributed by atoms with Crippen LogP contribution in [0.25, 0.3) is 11.0 Å². The molecular formula is C35H43ClN2O. The van der Waals surface area contributed by atoms with Gasteiger partial charge in [-0.2, -0.15) is 0 Å². The number of rotatable bonds is 10. The monoisotopic (exact) mass is 542 g/mol. The number of ether oxygens (including phenoxy) is 1. The lowest BCUT2D eigenvalue weighted by Crippen LogP contribution is -2.16. The molecule has 39 heavy (non-hydrogen) atoms. The molecule has 1 aliphatic rings. The zero-order chi connectivity index (χ0) is 26.9. The molecule has 1 atom stereocenters. The van der Waals surface area contributed by atoms with Gasteiger partial charge in [0.05, 0.1) is 11.0 Å². The highest BCUT2D eigenvalue weighted by Crippen LogP contribution is 2.31. The molecule has 1 aromatic heterocycles. The van der Waals surface area contributed by atoms with Crippen molar-refractivity contribution in [2.24, 2.45) is 11.8 Å². The Labute approximate surface area is 239 Å². The smallest absolute Gasteiger partial charge is 0.148 e. The van der Waals surface area contributed by atoms with E-state index < -0.39 is 0 Å². The van der Waals surface area contributed by atoms with Gasteiger partial charge in [-0.05, 0) is 79.5 Å². The predicted octanol–water partition coefficient (Wildman–Crippen LogP) is 9.97. The molecule has 0 N–H and O–H groups in total. The molecule has 0 spiro atoms. The molecule has 3 aromatic carbocycles. The molecule has 1 fully saturated rings. The van der Waals surface area contributed by atoms with Gasteiger partial charge in [-0.1, -0.05) is 105 Å². The van der Waals surface area contributed by atoms with Gasteiger partial charge in [0.2, 0.25) is 0 Å². The SMILES string of the molecule is Cc1cccc2c1nc(COc1ccc(Cl)cc1)n2CCC(Cc1ccccc1)CC1CCCCCCCC1. The van der Waals surface area contributed by atoms with E-state index in [0.717, 1.165) is 47.4 Å².